The van der Waals surface area contributed by atoms with Gasteiger partial charge in [-0.25, -0.2) is 13.0 Å². The molecule has 0 aliphatic carbocycles. The van der Waals surface area contributed by atoms with Gasteiger partial charge < -0.3 is 5.11 Å². The number of rotatable bonds is 4. The topological polar surface area (TPSA) is 111 Å². The van der Waals surface area contributed by atoms with Gasteiger partial charge in [0, 0.05) is 17.3 Å². The molecule has 0 spiro atoms. The molecule has 11 heteroatoms. The summed E-state index contributed by atoms with van der Waals surface area (Å²) in [6.45, 7) is -0.137. The van der Waals surface area contributed by atoms with Gasteiger partial charge in [0.15, 0.2) is 5.82 Å². The van der Waals surface area contributed by atoms with E-state index in [0.717, 1.165) is 4.31 Å². The van der Waals surface area contributed by atoms with Crippen LogP contribution in [0.15, 0.2) is 42.7 Å². The van der Waals surface area contributed by atoms with Crippen LogP contribution in [0.25, 0.3) is 11.1 Å². The van der Waals surface area contributed by atoms with Crippen LogP contribution in [0.4, 0.5) is 14.5 Å². The number of benzene rings is 2. The first-order valence-corrected chi connectivity index (χ1v) is 9.70. The second kappa shape index (κ2) is 7.57. The Morgan fingerprint density at radius 2 is 2.10 bits per heavy atom. The van der Waals surface area contributed by atoms with E-state index < -0.39 is 34.5 Å². The van der Waals surface area contributed by atoms with Gasteiger partial charge in [0.25, 0.3) is 5.91 Å². The third-order valence-electron chi connectivity index (χ3n) is 4.47. The van der Waals surface area contributed by atoms with Crippen molar-refractivity contribution in [2.75, 3.05) is 10.8 Å². The van der Waals surface area contributed by atoms with Crippen LogP contribution in [-0.2, 0) is 22.5 Å². The lowest BCUT2D eigenvalue weighted by atomic mass is 10.1. The van der Waals surface area contributed by atoms with Crippen molar-refractivity contribution in [2.45, 2.75) is 6.54 Å². The molecule has 1 aliphatic heterocycles. The summed E-state index contributed by atoms with van der Waals surface area (Å²) in [6.07, 6.45) is 2.94. The van der Waals surface area contributed by atoms with E-state index in [1.54, 1.807) is 12.3 Å². The Balaban J connectivity index is 1.65. The number of halogens is 2. The number of hydrogen-bond donors (Lipinski definition) is 2. The Kier molecular flexibility index (Phi) is 4.93. The number of aromatic nitrogens is 2. The Hall–Kier alpha value is -3.78. The van der Waals surface area contributed by atoms with E-state index in [2.05, 4.69) is 9.82 Å². The van der Waals surface area contributed by atoms with Gasteiger partial charge >= 0.3 is 0 Å². The summed E-state index contributed by atoms with van der Waals surface area (Å²) >= 11 is -2.00. The maximum absolute atomic E-state index is 15.2. The van der Waals surface area contributed by atoms with Crippen LogP contribution in [0.1, 0.15) is 11.1 Å². The monoisotopic (exact) mass is 429 g/mol. The van der Waals surface area contributed by atoms with Gasteiger partial charge in [0.1, 0.15) is 29.9 Å². The number of phenols is 1. The van der Waals surface area contributed by atoms with Crippen LogP contribution >= 0.6 is 0 Å². The molecule has 4 rings (SSSR count). The predicted molar refractivity (Wildman–Crippen MR) is 103 cm³/mol. The zero-order valence-electron chi connectivity index (χ0n) is 15.2. The third-order valence-corrected chi connectivity index (χ3v) is 5.59. The van der Waals surface area contributed by atoms with E-state index >= 15 is 4.39 Å². The molecule has 2 aromatic carbocycles. The van der Waals surface area contributed by atoms with E-state index in [1.165, 1.54) is 41.2 Å². The number of hydrogen-bond acceptors (Lipinski definition) is 5. The first-order valence-electron chi connectivity index (χ1n) is 8.59. The molecule has 8 nitrogen and oxygen atoms in total. The molecule has 2 heterocycles. The van der Waals surface area contributed by atoms with Crippen LogP contribution in [0.3, 0.4) is 0 Å². The van der Waals surface area contributed by atoms with Crippen LogP contribution in [0.5, 0.6) is 5.75 Å². The molecule has 2 N–H and O–H groups in total. The maximum Gasteiger partial charge on any atom is 0.253 e. The molecule has 30 heavy (non-hydrogen) atoms. The summed E-state index contributed by atoms with van der Waals surface area (Å²) in [7, 11) is 0. The highest BCUT2D eigenvalue weighted by Crippen LogP contribution is 2.38. The first-order chi connectivity index (χ1) is 14.4. The van der Waals surface area contributed by atoms with Crippen LogP contribution in [0, 0.1) is 23.0 Å². The van der Waals surface area contributed by atoms with Crippen molar-refractivity contribution in [3.63, 3.8) is 0 Å². The first kappa shape index (κ1) is 19.5. The minimum Gasteiger partial charge on any atom is -0.506 e. The van der Waals surface area contributed by atoms with Crippen molar-refractivity contribution in [3.05, 3.63) is 65.5 Å². The maximum atomic E-state index is 15.2. The second-order valence-electron chi connectivity index (χ2n) is 6.46. The fourth-order valence-electron chi connectivity index (χ4n) is 3.08. The van der Waals surface area contributed by atoms with Crippen LogP contribution in [0.2, 0.25) is 0 Å². The van der Waals surface area contributed by atoms with Gasteiger partial charge in [0.05, 0.1) is 18.3 Å². The second-order valence-corrected chi connectivity index (χ2v) is 7.60. The average molecular weight is 429 g/mol. The number of amides is 1. The minimum absolute atomic E-state index is 0.0854. The normalized spacial score (nSPS) is 15.8. The molecule has 1 fully saturated rings. The smallest absolute Gasteiger partial charge is 0.253 e. The zero-order valence-corrected chi connectivity index (χ0v) is 16.0. The largest absolute Gasteiger partial charge is 0.506 e. The average Bonchev–Trinajstić information content (AvgIpc) is 3.29. The van der Waals surface area contributed by atoms with Crippen molar-refractivity contribution < 1.29 is 22.9 Å². The molecule has 1 amide bonds. The van der Waals surface area contributed by atoms with Crippen molar-refractivity contribution in [2.24, 2.45) is 0 Å². The van der Waals surface area contributed by atoms with Gasteiger partial charge in [-0.15, -0.1) is 0 Å². The lowest BCUT2D eigenvalue weighted by molar-refractivity contribution is -0.117. The van der Waals surface area contributed by atoms with Crippen LogP contribution in [-0.4, -0.2) is 31.5 Å². The standard InChI is InChI=1S/C19H13F2N5O3S/c20-15-3-1-11(5-12(15)6-22)8-25-9-13(7-23-25)14-2-4-16(27)19(18(14)21)26-10-17(28)24-30(26)29/h1-5,7,9,27H,8,10H2,(H,24,28). The van der Waals surface area contributed by atoms with Crippen molar-refractivity contribution in [1.29, 1.82) is 5.26 Å². The highest BCUT2D eigenvalue weighted by atomic mass is 32.2. The molecule has 1 unspecified atom stereocenters. The predicted octanol–water partition coefficient (Wildman–Crippen LogP) is 1.97. The fourth-order valence-corrected chi connectivity index (χ4v) is 4.03. The number of nitrogens with one attached hydrogen (secondary N) is 1. The zero-order chi connectivity index (χ0) is 21.4. The Bertz CT molecular complexity index is 1240. The molecule has 0 radical (unpaired) electrons. The Morgan fingerprint density at radius 3 is 2.80 bits per heavy atom. The number of carbonyl (C=O) groups excluding carboxylic acids is 1. The molecule has 1 saturated heterocycles. The van der Waals surface area contributed by atoms with E-state index in [-0.39, 0.29) is 29.9 Å². The van der Waals surface area contributed by atoms with E-state index in [4.69, 9.17) is 5.26 Å². The molecule has 1 atom stereocenters. The Morgan fingerprint density at radius 1 is 1.30 bits per heavy atom. The molecule has 152 valence electrons. The summed E-state index contributed by atoms with van der Waals surface area (Å²) < 4.78 is 45.2. The third kappa shape index (κ3) is 3.48. The highest BCUT2D eigenvalue weighted by molar-refractivity contribution is 7.85. The number of phenolic OH excluding ortho intramolecular Hbond substituents is 1. The van der Waals surface area contributed by atoms with Gasteiger partial charge in [-0.2, -0.15) is 10.4 Å². The van der Waals surface area contributed by atoms with Gasteiger partial charge in [0.2, 0.25) is 11.2 Å². The van der Waals surface area contributed by atoms with E-state index in [1.807, 2.05) is 0 Å². The Labute approximate surface area is 171 Å². The molecule has 1 aromatic heterocycles. The van der Waals surface area contributed by atoms with E-state index in [9.17, 15) is 18.5 Å². The summed E-state index contributed by atoms with van der Waals surface area (Å²) in [6, 6.07) is 8.46. The molecule has 0 bridgehead atoms. The minimum atomic E-state index is -2.00. The molecular formula is C19H13F2N5O3S. The summed E-state index contributed by atoms with van der Waals surface area (Å²) in [5, 5.41) is 23.2. The molecular weight excluding hydrogens is 416 g/mol. The molecule has 3 aromatic rings. The SMILES string of the molecule is N#Cc1cc(Cn2cc(-c3ccc(O)c(N4CC(=O)NS4=O)c3F)cn2)ccc1F. The summed E-state index contributed by atoms with van der Waals surface area (Å²) in [5.74, 6) is -2.48. The molecule has 1 aliphatic rings. The van der Waals surface area contributed by atoms with Crippen molar-refractivity contribution in [1.82, 2.24) is 14.5 Å². The number of nitriles is 1. The molecule has 0 saturated carbocycles. The summed E-state index contributed by atoms with van der Waals surface area (Å²) in [4.78, 5) is 11.5. The van der Waals surface area contributed by atoms with Gasteiger partial charge in [-0.05, 0) is 29.8 Å². The highest BCUT2D eigenvalue weighted by Gasteiger charge is 2.32. The summed E-state index contributed by atoms with van der Waals surface area (Å²) in [5.41, 5.74) is 0.652. The number of aromatic hydroxyl groups is 1. The van der Waals surface area contributed by atoms with Crippen LogP contribution < -0.4 is 9.03 Å². The van der Waals surface area contributed by atoms with E-state index in [0.29, 0.717) is 11.1 Å². The number of nitrogens with zero attached hydrogens (tertiary/aromatic N) is 4. The number of anilines is 1. The fraction of sp³-hybridized carbons (Fsp3) is 0.105. The van der Waals surface area contributed by atoms with Gasteiger partial charge in [-0.3, -0.25) is 18.5 Å². The van der Waals surface area contributed by atoms with Gasteiger partial charge in [-0.1, -0.05) is 6.07 Å². The van der Waals surface area contributed by atoms with Crippen molar-refractivity contribution >= 4 is 22.8 Å². The lowest BCUT2D eigenvalue weighted by Crippen LogP contribution is -2.23. The van der Waals surface area contributed by atoms with Crippen molar-refractivity contribution in [3.8, 4) is 22.9 Å². The quantitative estimate of drug-likeness (QED) is 0.659. The number of carbonyl (C=O) groups is 1. The lowest BCUT2D eigenvalue weighted by Gasteiger charge is -2.17.